The second-order valence-corrected chi connectivity index (χ2v) is 5.44. The number of unbranched alkanes of at least 4 members (excludes halogenated alkanes) is 2. The van der Waals surface area contributed by atoms with Crippen molar-refractivity contribution in [2.24, 2.45) is 5.73 Å². The molecule has 0 amide bonds. The van der Waals surface area contributed by atoms with Crippen LogP contribution in [0.3, 0.4) is 0 Å². The zero-order chi connectivity index (χ0) is 13.7. The second-order valence-electron chi connectivity index (χ2n) is 5.44. The summed E-state index contributed by atoms with van der Waals surface area (Å²) < 4.78 is 2.41. The molecule has 0 aliphatic rings. The van der Waals surface area contributed by atoms with Crippen molar-refractivity contribution in [3.8, 4) is 0 Å². The van der Waals surface area contributed by atoms with E-state index in [1.54, 1.807) is 0 Å². The van der Waals surface area contributed by atoms with E-state index in [-0.39, 0.29) is 6.04 Å². The van der Waals surface area contributed by atoms with Crippen LogP contribution < -0.4 is 5.73 Å². The van der Waals surface area contributed by atoms with Gasteiger partial charge in [0.15, 0.2) is 0 Å². The van der Waals surface area contributed by atoms with Crippen molar-refractivity contribution in [2.75, 3.05) is 0 Å². The lowest BCUT2D eigenvalue weighted by molar-refractivity contribution is 0.611. The summed E-state index contributed by atoms with van der Waals surface area (Å²) >= 11 is 0. The first-order chi connectivity index (χ1) is 9.26. The van der Waals surface area contributed by atoms with Gasteiger partial charge in [-0.2, -0.15) is 0 Å². The summed E-state index contributed by atoms with van der Waals surface area (Å²) in [6, 6.07) is 9.07. The number of aryl methyl sites for hydroxylation is 1. The van der Waals surface area contributed by atoms with Crippen LogP contribution in [0.1, 0.15) is 45.1 Å². The topological polar surface area (TPSA) is 30.9 Å². The maximum absolute atomic E-state index is 6.13. The molecule has 0 spiro atoms. The molecule has 2 N–H and O–H groups in total. The maximum Gasteiger partial charge on any atom is 0.0513 e. The quantitative estimate of drug-likeness (QED) is 0.744. The average Bonchev–Trinajstić information content (AvgIpc) is 2.83. The van der Waals surface area contributed by atoms with E-state index >= 15 is 0 Å². The Labute approximate surface area is 116 Å². The van der Waals surface area contributed by atoms with Gasteiger partial charge in [0.2, 0.25) is 0 Å². The number of hydrogen-bond donors (Lipinski definition) is 1. The third-order valence-electron chi connectivity index (χ3n) is 3.88. The van der Waals surface area contributed by atoms with E-state index in [9.17, 15) is 0 Å². The van der Waals surface area contributed by atoms with Gasteiger partial charge in [0.1, 0.15) is 0 Å². The summed E-state index contributed by atoms with van der Waals surface area (Å²) in [6.07, 6.45) is 8.07. The van der Waals surface area contributed by atoms with E-state index in [2.05, 4.69) is 48.9 Å². The molecule has 0 saturated heterocycles. The van der Waals surface area contributed by atoms with Crippen LogP contribution in [-0.4, -0.2) is 10.6 Å². The molecule has 0 fully saturated rings. The van der Waals surface area contributed by atoms with Crippen LogP contribution in [0.5, 0.6) is 0 Å². The third kappa shape index (κ3) is 3.38. The van der Waals surface area contributed by atoms with Crippen molar-refractivity contribution < 1.29 is 0 Å². The average molecular weight is 258 g/mol. The van der Waals surface area contributed by atoms with Gasteiger partial charge in [0.25, 0.3) is 0 Å². The summed E-state index contributed by atoms with van der Waals surface area (Å²) in [7, 11) is 0. The Morgan fingerprint density at radius 1 is 1.16 bits per heavy atom. The Hall–Kier alpha value is -1.28. The van der Waals surface area contributed by atoms with Crippen LogP contribution in [0, 0.1) is 0 Å². The van der Waals surface area contributed by atoms with Gasteiger partial charge >= 0.3 is 0 Å². The molecule has 2 aromatic rings. The van der Waals surface area contributed by atoms with Crippen LogP contribution in [0.2, 0.25) is 0 Å². The molecular weight excluding hydrogens is 232 g/mol. The van der Waals surface area contributed by atoms with Gasteiger partial charge in [-0.15, -0.1) is 0 Å². The Kier molecular flexibility index (Phi) is 5.03. The number of para-hydroxylation sites is 1. The van der Waals surface area contributed by atoms with E-state index in [0.29, 0.717) is 0 Å². The minimum atomic E-state index is 0.268. The monoisotopic (exact) mass is 258 g/mol. The number of rotatable bonds is 7. The predicted molar refractivity (Wildman–Crippen MR) is 83.4 cm³/mol. The predicted octanol–water partition coefficient (Wildman–Crippen LogP) is 4.11. The zero-order valence-electron chi connectivity index (χ0n) is 12.2. The molecular formula is C17H26N2. The van der Waals surface area contributed by atoms with Crippen molar-refractivity contribution in [3.05, 3.63) is 36.0 Å². The molecule has 1 aromatic carbocycles. The number of hydrogen-bond acceptors (Lipinski definition) is 1. The lowest BCUT2D eigenvalue weighted by atomic mass is 10.0. The number of nitrogens with zero attached hydrogens (tertiary/aromatic N) is 1. The highest BCUT2D eigenvalue weighted by Gasteiger charge is 2.09. The largest absolute Gasteiger partial charge is 0.347 e. The minimum Gasteiger partial charge on any atom is -0.347 e. The smallest absolute Gasteiger partial charge is 0.0513 e. The standard InChI is InChI=1S/C17H26N2/c1-3-5-6-11-19-12-10-14-8-7-9-15(17(14)19)13-16(18)4-2/h7-10,12,16H,3-6,11,13,18H2,1-2H3. The van der Waals surface area contributed by atoms with Gasteiger partial charge in [-0.25, -0.2) is 0 Å². The number of benzene rings is 1. The Balaban J connectivity index is 2.27. The number of nitrogens with two attached hydrogens (primary N) is 1. The van der Waals surface area contributed by atoms with E-state index in [1.807, 2.05) is 0 Å². The first-order valence-electron chi connectivity index (χ1n) is 7.58. The summed E-state index contributed by atoms with van der Waals surface area (Å²) in [5, 5.41) is 1.34. The molecule has 104 valence electrons. The molecule has 1 aromatic heterocycles. The van der Waals surface area contributed by atoms with Crippen molar-refractivity contribution in [3.63, 3.8) is 0 Å². The fraction of sp³-hybridized carbons (Fsp3) is 0.529. The Bertz CT molecular complexity index is 513. The lowest BCUT2D eigenvalue weighted by Gasteiger charge is -2.13. The normalized spacial score (nSPS) is 13.0. The van der Waals surface area contributed by atoms with E-state index in [4.69, 9.17) is 5.73 Å². The van der Waals surface area contributed by atoms with Crippen molar-refractivity contribution >= 4 is 10.9 Å². The molecule has 0 aliphatic carbocycles. The summed E-state index contributed by atoms with van der Waals surface area (Å²) in [5.41, 5.74) is 8.92. The molecule has 0 aliphatic heterocycles. The fourth-order valence-corrected chi connectivity index (χ4v) is 2.65. The molecule has 2 nitrogen and oxygen atoms in total. The summed E-state index contributed by atoms with van der Waals surface area (Å²) in [4.78, 5) is 0. The van der Waals surface area contributed by atoms with Gasteiger partial charge < -0.3 is 10.3 Å². The Morgan fingerprint density at radius 2 is 2.00 bits per heavy atom. The van der Waals surface area contributed by atoms with Gasteiger partial charge in [-0.3, -0.25) is 0 Å². The third-order valence-corrected chi connectivity index (χ3v) is 3.88. The molecule has 1 atom stereocenters. The molecule has 1 unspecified atom stereocenters. The van der Waals surface area contributed by atoms with Crippen LogP contribution in [0.4, 0.5) is 0 Å². The molecule has 0 saturated carbocycles. The van der Waals surface area contributed by atoms with Crippen molar-refractivity contribution in [2.45, 2.75) is 58.5 Å². The van der Waals surface area contributed by atoms with Crippen LogP contribution in [-0.2, 0) is 13.0 Å². The SMILES string of the molecule is CCCCCn1ccc2cccc(CC(N)CC)c21. The van der Waals surface area contributed by atoms with E-state index in [1.165, 1.54) is 35.7 Å². The lowest BCUT2D eigenvalue weighted by Crippen LogP contribution is -2.21. The van der Waals surface area contributed by atoms with E-state index in [0.717, 1.165) is 19.4 Å². The highest BCUT2D eigenvalue weighted by molar-refractivity contribution is 5.83. The van der Waals surface area contributed by atoms with Gasteiger partial charge in [-0.05, 0) is 36.3 Å². The second kappa shape index (κ2) is 6.76. The van der Waals surface area contributed by atoms with Crippen LogP contribution in [0.25, 0.3) is 10.9 Å². The first kappa shape index (κ1) is 14.1. The van der Waals surface area contributed by atoms with E-state index < -0.39 is 0 Å². The van der Waals surface area contributed by atoms with Crippen molar-refractivity contribution in [1.29, 1.82) is 0 Å². The van der Waals surface area contributed by atoms with Gasteiger partial charge in [0, 0.05) is 18.8 Å². The summed E-state index contributed by atoms with van der Waals surface area (Å²) in [5.74, 6) is 0. The van der Waals surface area contributed by atoms with Crippen LogP contribution >= 0.6 is 0 Å². The van der Waals surface area contributed by atoms with Gasteiger partial charge in [-0.1, -0.05) is 44.9 Å². The first-order valence-corrected chi connectivity index (χ1v) is 7.58. The zero-order valence-corrected chi connectivity index (χ0v) is 12.2. The highest BCUT2D eigenvalue weighted by Crippen LogP contribution is 2.22. The molecule has 19 heavy (non-hydrogen) atoms. The van der Waals surface area contributed by atoms with Gasteiger partial charge in [0.05, 0.1) is 5.52 Å². The molecule has 0 radical (unpaired) electrons. The number of fused-ring (bicyclic) bond motifs is 1. The Morgan fingerprint density at radius 3 is 2.74 bits per heavy atom. The number of aromatic nitrogens is 1. The molecule has 0 bridgehead atoms. The van der Waals surface area contributed by atoms with Crippen molar-refractivity contribution in [1.82, 2.24) is 4.57 Å². The maximum atomic E-state index is 6.13. The molecule has 2 heteroatoms. The molecule has 2 rings (SSSR count). The molecule has 1 heterocycles. The highest BCUT2D eigenvalue weighted by atomic mass is 15.0. The minimum absolute atomic E-state index is 0.268. The fourth-order valence-electron chi connectivity index (χ4n) is 2.65. The van der Waals surface area contributed by atoms with Crippen LogP contribution in [0.15, 0.2) is 30.5 Å². The summed E-state index contributed by atoms with van der Waals surface area (Å²) in [6.45, 7) is 5.53.